The molecule has 2 aromatic carbocycles. The van der Waals surface area contributed by atoms with E-state index in [1.165, 1.54) is 0 Å². The number of carbonyl (C=O) groups is 1. The van der Waals surface area contributed by atoms with E-state index >= 15 is 0 Å². The van der Waals surface area contributed by atoms with Crippen LogP contribution in [0.1, 0.15) is 19.8 Å². The number of amides is 1. The van der Waals surface area contributed by atoms with Crippen LogP contribution in [0.25, 0.3) is 0 Å². The van der Waals surface area contributed by atoms with E-state index in [0.717, 1.165) is 37.5 Å². The van der Waals surface area contributed by atoms with Crippen molar-refractivity contribution in [2.75, 3.05) is 31.1 Å². The second-order valence-electron chi connectivity index (χ2n) is 6.36. The van der Waals surface area contributed by atoms with Gasteiger partial charge in [0.05, 0.1) is 6.04 Å². The summed E-state index contributed by atoms with van der Waals surface area (Å²) in [6.45, 7) is 5.39. The van der Waals surface area contributed by atoms with Crippen molar-refractivity contribution >= 4 is 24.0 Å². The summed E-state index contributed by atoms with van der Waals surface area (Å²) in [4.78, 5) is 16.9. The molecule has 0 N–H and O–H groups in total. The van der Waals surface area contributed by atoms with Gasteiger partial charge in [0.2, 0.25) is 5.91 Å². The Labute approximate surface area is 162 Å². The Morgan fingerprint density at radius 3 is 2.42 bits per heavy atom. The van der Waals surface area contributed by atoms with E-state index in [9.17, 15) is 4.79 Å². The second-order valence-corrected chi connectivity index (χ2v) is 6.36. The topological polar surface area (TPSA) is 32.8 Å². The first kappa shape index (κ1) is 20.3. The molecule has 1 atom stereocenters. The SMILES string of the molecule is CCC(=O)N(c1ccccc1)C1CCN(CCOc2ccccc2)C1.Cl. The van der Waals surface area contributed by atoms with Gasteiger partial charge in [-0.15, -0.1) is 12.4 Å². The quantitative estimate of drug-likeness (QED) is 0.734. The normalized spacial score (nSPS) is 16.7. The zero-order chi connectivity index (χ0) is 17.5. The Morgan fingerprint density at radius 2 is 1.77 bits per heavy atom. The number of ether oxygens (including phenoxy) is 1. The van der Waals surface area contributed by atoms with Crippen LogP contribution in [0.4, 0.5) is 5.69 Å². The Hall–Kier alpha value is -2.04. The number of benzene rings is 2. The molecule has 0 radical (unpaired) electrons. The maximum Gasteiger partial charge on any atom is 0.227 e. The van der Waals surface area contributed by atoms with Gasteiger partial charge in [-0.25, -0.2) is 0 Å². The van der Waals surface area contributed by atoms with Crippen molar-refractivity contribution in [1.29, 1.82) is 0 Å². The van der Waals surface area contributed by atoms with Crippen molar-refractivity contribution in [2.45, 2.75) is 25.8 Å². The summed E-state index contributed by atoms with van der Waals surface area (Å²) in [7, 11) is 0. The maximum atomic E-state index is 12.5. The summed E-state index contributed by atoms with van der Waals surface area (Å²) in [5.41, 5.74) is 1.00. The second kappa shape index (κ2) is 10.2. The molecule has 26 heavy (non-hydrogen) atoms. The lowest BCUT2D eigenvalue weighted by Gasteiger charge is -2.29. The standard InChI is InChI=1S/C21H26N2O2.ClH/c1-2-21(24)23(18-9-5-3-6-10-18)19-13-14-22(17-19)15-16-25-20-11-7-4-8-12-20;/h3-12,19H,2,13-17H2,1H3;1H. The van der Waals surface area contributed by atoms with Gasteiger partial charge in [-0.2, -0.15) is 0 Å². The summed E-state index contributed by atoms with van der Waals surface area (Å²) >= 11 is 0. The molecule has 3 rings (SSSR count). The molecule has 2 aromatic rings. The summed E-state index contributed by atoms with van der Waals surface area (Å²) in [6.07, 6.45) is 1.54. The third-order valence-corrected chi connectivity index (χ3v) is 4.64. The molecular weight excluding hydrogens is 348 g/mol. The molecule has 1 heterocycles. The summed E-state index contributed by atoms with van der Waals surface area (Å²) in [5.74, 6) is 1.10. The highest BCUT2D eigenvalue weighted by atomic mass is 35.5. The van der Waals surface area contributed by atoms with E-state index in [4.69, 9.17) is 4.74 Å². The van der Waals surface area contributed by atoms with Crippen LogP contribution in [-0.2, 0) is 4.79 Å². The predicted molar refractivity (Wildman–Crippen MR) is 108 cm³/mol. The van der Waals surface area contributed by atoms with Gasteiger partial charge in [0.25, 0.3) is 0 Å². The molecule has 1 fully saturated rings. The molecule has 1 amide bonds. The average Bonchev–Trinajstić information content (AvgIpc) is 3.12. The first-order valence-corrected chi connectivity index (χ1v) is 9.05. The molecule has 1 aliphatic heterocycles. The van der Waals surface area contributed by atoms with Crippen LogP contribution in [0, 0.1) is 0 Å². The third kappa shape index (κ3) is 5.23. The smallest absolute Gasteiger partial charge is 0.227 e. The van der Waals surface area contributed by atoms with E-state index in [1.54, 1.807) is 0 Å². The van der Waals surface area contributed by atoms with Crippen LogP contribution < -0.4 is 9.64 Å². The number of para-hydroxylation sites is 2. The molecule has 1 saturated heterocycles. The monoisotopic (exact) mass is 374 g/mol. The number of hydrogen-bond acceptors (Lipinski definition) is 3. The third-order valence-electron chi connectivity index (χ3n) is 4.64. The van der Waals surface area contributed by atoms with Crippen LogP contribution in [-0.4, -0.2) is 43.1 Å². The van der Waals surface area contributed by atoms with Gasteiger partial charge in [-0.3, -0.25) is 9.69 Å². The zero-order valence-electron chi connectivity index (χ0n) is 15.2. The van der Waals surface area contributed by atoms with E-state index in [0.29, 0.717) is 13.0 Å². The fourth-order valence-electron chi connectivity index (χ4n) is 3.35. The Bertz CT molecular complexity index is 666. The molecule has 0 aromatic heterocycles. The van der Waals surface area contributed by atoms with Crippen LogP contribution in [0.2, 0.25) is 0 Å². The molecule has 4 nitrogen and oxygen atoms in total. The Balaban J connectivity index is 0.00000243. The number of anilines is 1. The Morgan fingerprint density at radius 1 is 1.12 bits per heavy atom. The fraction of sp³-hybridized carbons (Fsp3) is 0.381. The minimum Gasteiger partial charge on any atom is -0.492 e. The number of nitrogens with zero attached hydrogens (tertiary/aromatic N) is 2. The fourth-order valence-corrected chi connectivity index (χ4v) is 3.35. The van der Waals surface area contributed by atoms with Gasteiger partial charge in [0.1, 0.15) is 12.4 Å². The molecule has 5 heteroatoms. The molecular formula is C21H27ClN2O2. The number of hydrogen-bond donors (Lipinski definition) is 0. The highest BCUT2D eigenvalue weighted by molar-refractivity contribution is 5.93. The molecule has 0 bridgehead atoms. The van der Waals surface area contributed by atoms with Gasteiger partial charge >= 0.3 is 0 Å². The van der Waals surface area contributed by atoms with Crippen molar-refractivity contribution in [3.05, 3.63) is 60.7 Å². The van der Waals surface area contributed by atoms with E-state index in [1.807, 2.05) is 72.5 Å². The van der Waals surface area contributed by atoms with E-state index < -0.39 is 0 Å². The number of rotatable bonds is 7. The molecule has 0 spiro atoms. The van der Waals surface area contributed by atoms with Gasteiger partial charge in [-0.05, 0) is 30.7 Å². The average molecular weight is 375 g/mol. The van der Waals surface area contributed by atoms with Crippen molar-refractivity contribution in [3.8, 4) is 5.75 Å². The largest absolute Gasteiger partial charge is 0.492 e. The van der Waals surface area contributed by atoms with Crippen molar-refractivity contribution in [2.24, 2.45) is 0 Å². The van der Waals surface area contributed by atoms with Gasteiger partial charge in [-0.1, -0.05) is 43.3 Å². The summed E-state index contributed by atoms with van der Waals surface area (Å²) in [6, 6.07) is 20.2. The molecule has 1 aliphatic rings. The highest BCUT2D eigenvalue weighted by Crippen LogP contribution is 2.24. The first-order valence-electron chi connectivity index (χ1n) is 9.05. The lowest BCUT2D eigenvalue weighted by molar-refractivity contribution is -0.118. The highest BCUT2D eigenvalue weighted by Gasteiger charge is 2.30. The number of halogens is 1. The van der Waals surface area contributed by atoms with Gasteiger partial charge in [0, 0.05) is 31.7 Å². The maximum absolute atomic E-state index is 12.5. The lowest BCUT2D eigenvalue weighted by atomic mass is 10.1. The van der Waals surface area contributed by atoms with Crippen molar-refractivity contribution in [1.82, 2.24) is 4.90 Å². The van der Waals surface area contributed by atoms with E-state index in [-0.39, 0.29) is 24.4 Å². The predicted octanol–water partition coefficient (Wildman–Crippen LogP) is 4.00. The minimum atomic E-state index is 0. The van der Waals surface area contributed by atoms with Gasteiger partial charge < -0.3 is 9.64 Å². The number of likely N-dealkylation sites (tertiary alicyclic amines) is 1. The Kier molecular flexibility index (Phi) is 7.95. The van der Waals surface area contributed by atoms with Gasteiger partial charge in [0.15, 0.2) is 0 Å². The summed E-state index contributed by atoms with van der Waals surface area (Å²) < 4.78 is 5.79. The first-order chi connectivity index (χ1) is 12.3. The molecule has 1 unspecified atom stereocenters. The van der Waals surface area contributed by atoms with Crippen molar-refractivity contribution < 1.29 is 9.53 Å². The minimum absolute atomic E-state index is 0. The lowest BCUT2D eigenvalue weighted by Crippen LogP contribution is -2.42. The zero-order valence-corrected chi connectivity index (χ0v) is 16.0. The number of carbonyl (C=O) groups excluding carboxylic acids is 1. The molecule has 0 aliphatic carbocycles. The summed E-state index contributed by atoms with van der Waals surface area (Å²) in [5, 5.41) is 0. The van der Waals surface area contributed by atoms with E-state index in [2.05, 4.69) is 4.90 Å². The van der Waals surface area contributed by atoms with Crippen LogP contribution in [0.3, 0.4) is 0 Å². The van der Waals surface area contributed by atoms with Crippen LogP contribution >= 0.6 is 12.4 Å². The molecule has 140 valence electrons. The van der Waals surface area contributed by atoms with Crippen molar-refractivity contribution in [3.63, 3.8) is 0 Å². The molecule has 0 saturated carbocycles. The van der Waals surface area contributed by atoms with Crippen LogP contribution in [0.5, 0.6) is 5.75 Å². The van der Waals surface area contributed by atoms with Crippen LogP contribution in [0.15, 0.2) is 60.7 Å².